The van der Waals surface area contributed by atoms with E-state index in [0.717, 1.165) is 64.7 Å². The minimum atomic E-state index is 0.175. The van der Waals surface area contributed by atoms with Crippen molar-refractivity contribution in [3.63, 3.8) is 0 Å². The molecule has 172 valence electrons. The molecule has 0 radical (unpaired) electrons. The van der Waals surface area contributed by atoms with E-state index in [1.807, 2.05) is 4.90 Å². The molecule has 32 heavy (non-hydrogen) atoms. The van der Waals surface area contributed by atoms with Crippen LogP contribution >= 0.6 is 0 Å². The highest BCUT2D eigenvalue weighted by molar-refractivity contribution is 5.79. The number of amides is 1. The number of carbonyl (C=O) groups excluding carboxylic acids is 1. The third-order valence-corrected chi connectivity index (χ3v) is 5.97. The Balaban J connectivity index is 1.51. The van der Waals surface area contributed by atoms with Crippen molar-refractivity contribution in [1.82, 2.24) is 20.4 Å². The average Bonchev–Trinajstić information content (AvgIpc) is 2.83. The fourth-order valence-corrected chi connectivity index (χ4v) is 4.16. The standard InChI is InChI=1S/C26H37N5O/c1-3-27-26(29-16-17-30-18-20-31(21-19-30)22(2)32)28-15-14-25(23-10-6-4-7-11-23)24-12-8-5-9-13-24/h4-13,25H,3,14-21H2,1-2H3,(H2,27,28,29). The average molecular weight is 436 g/mol. The lowest BCUT2D eigenvalue weighted by Gasteiger charge is -2.34. The minimum absolute atomic E-state index is 0.175. The van der Waals surface area contributed by atoms with Crippen molar-refractivity contribution in [1.29, 1.82) is 0 Å². The van der Waals surface area contributed by atoms with Gasteiger partial charge in [0.2, 0.25) is 5.91 Å². The zero-order valence-corrected chi connectivity index (χ0v) is 19.5. The summed E-state index contributed by atoms with van der Waals surface area (Å²) < 4.78 is 0. The molecule has 2 aromatic carbocycles. The van der Waals surface area contributed by atoms with Gasteiger partial charge in [0, 0.05) is 65.2 Å². The molecule has 6 heteroatoms. The summed E-state index contributed by atoms with van der Waals surface area (Å²) in [6.45, 7) is 10.6. The molecule has 2 aromatic rings. The van der Waals surface area contributed by atoms with E-state index in [0.29, 0.717) is 5.92 Å². The van der Waals surface area contributed by atoms with Crippen LogP contribution in [0.2, 0.25) is 0 Å². The molecule has 1 aliphatic heterocycles. The molecule has 1 heterocycles. The Morgan fingerprint density at radius 3 is 2.06 bits per heavy atom. The lowest BCUT2D eigenvalue weighted by molar-refractivity contribution is -0.130. The molecule has 0 spiro atoms. The lowest BCUT2D eigenvalue weighted by atomic mass is 9.89. The first-order valence-corrected chi connectivity index (χ1v) is 11.8. The summed E-state index contributed by atoms with van der Waals surface area (Å²) in [5, 5.41) is 6.83. The molecule has 1 aliphatic rings. The Morgan fingerprint density at radius 2 is 1.53 bits per heavy atom. The van der Waals surface area contributed by atoms with Gasteiger partial charge in [-0.2, -0.15) is 0 Å². The van der Waals surface area contributed by atoms with Crippen LogP contribution in [0.1, 0.15) is 37.3 Å². The van der Waals surface area contributed by atoms with Gasteiger partial charge in [0.05, 0.1) is 0 Å². The molecule has 0 unspecified atom stereocenters. The van der Waals surface area contributed by atoms with Crippen LogP contribution in [0.15, 0.2) is 65.7 Å². The maximum Gasteiger partial charge on any atom is 0.219 e. The highest BCUT2D eigenvalue weighted by atomic mass is 16.2. The van der Waals surface area contributed by atoms with Crippen LogP contribution in [-0.4, -0.2) is 74.0 Å². The topological polar surface area (TPSA) is 60.0 Å². The molecule has 2 N–H and O–H groups in total. The smallest absolute Gasteiger partial charge is 0.219 e. The van der Waals surface area contributed by atoms with E-state index in [1.54, 1.807) is 6.92 Å². The van der Waals surface area contributed by atoms with Gasteiger partial charge in [-0.3, -0.25) is 14.7 Å². The van der Waals surface area contributed by atoms with Crippen molar-refractivity contribution < 1.29 is 4.79 Å². The molecule has 0 aliphatic carbocycles. The molecule has 0 bridgehead atoms. The summed E-state index contributed by atoms with van der Waals surface area (Å²) in [4.78, 5) is 20.6. The molecule has 1 amide bonds. The first kappa shape index (κ1) is 23.8. The van der Waals surface area contributed by atoms with E-state index in [4.69, 9.17) is 4.99 Å². The second-order valence-corrected chi connectivity index (χ2v) is 8.20. The normalized spacial score (nSPS) is 15.1. The Morgan fingerprint density at radius 1 is 0.938 bits per heavy atom. The maximum absolute atomic E-state index is 11.5. The molecule has 0 aromatic heterocycles. The fraction of sp³-hybridized carbons (Fsp3) is 0.462. The van der Waals surface area contributed by atoms with E-state index >= 15 is 0 Å². The van der Waals surface area contributed by atoms with Gasteiger partial charge >= 0.3 is 0 Å². The van der Waals surface area contributed by atoms with Gasteiger partial charge in [0.1, 0.15) is 0 Å². The number of nitrogens with one attached hydrogen (secondary N) is 2. The Hall–Kier alpha value is -2.86. The van der Waals surface area contributed by atoms with Gasteiger partial charge in [0.15, 0.2) is 5.96 Å². The first-order valence-electron chi connectivity index (χ1n) is 11.8. The van der Waals surface area contributed by atoms with Gasteiger partial charge in [-0.1, -0.05) is 60.7 Å². The van der Waals surface area contributed by atoms with E-state index in [9.17, 15) is 4.79 Å². The summed E-state index contributed by atoms with van der Waals surface area (Å²) in [5.74, 6) is 1.38. The summed E-state index contributed by atoms with van der Waals surface area (Å²) in [5.41, 5.74) is 2.66. The molecule has 1 fully saturated rings. The van der Waals surface area contributed by atoms with Crippen LogP contribution in [0.3, 0.4) is 0 Å². The van der Waals surface area contributed by atoms with Crippen LogP contribution in [0.4, 0.5) is 0 Å². The SMILES string of the molecule is CCNC(=NCCC(c1ccccc1)c1ccccc1)NCCN1CCN(C(C)=O)CC1. The summed E-state index contributed by atoms with van der Waals surface area (Å²) in [6, 6.07) is 21.4. The van der Waals surface area contributed by atoms with Crippen LogP contribution < -0.4 is 10.6 Å². The summed E-state index contributed by atoms with van der Waals surface area (Å²) >= 11 is 0. The van der Waals surface area contributed by atoms with Gasteiger partial charge < -0.3 is 15.5 Å². The molecular weight excluding hydrogens is 398 g/mol. The minimum Gasteiger partial charge on any atom is -0.357 e. The number of hydrogen-bond donors (Lipinski definition) is 2. The number of nitrogens with zero attached hydrogens (tertiary/aromatic N) is 3. The largest absolute Gasteiger partial charge is 0.357 e. The quantitative estimate of drug-likeness (QED) is 0.470. The lowest BCUT2D eigenvalue weighted by Crippen LogP contribution is -2.50. The highest BCUT2D eigenvalue weighted by Gasteiger charge is 2.18. The first-order chi connectivity index (χ1) is 15.7. The molecule has 0 atom stereocenters. The summed E-state index contributed by atoms with van der Waals surface area (Å²) in [7, 11) is 0. The Kier molecular flexibility index (Phi) is 9.57. The monoisotopic (exact) mass is 435 g/mol. The van der Waals surface area contributed by atoms with Gasteiger partial charge in [-0.05, 0) is 24.5 Å². The van der Waals surface area contributed by atoms with Crippen molar-refractivity contribution in [2.45, 2.75) is 26.2 Å². The highest BCUT2D eigenvalue weighted by Crippen LogP contribution is 2.27. The Bertz CT molecular complexity index is 792. The van der Waals surface area contributed by atoms with Crippen LogP contribution in [0, 0.1) is 0 Å². The second kappa shape index (κ2) is 12.9. The maximum atomic E-state index is 11.5. The third-order valence-electron chi connectivity index (χ3n) is 5.97. The zero-order valence-electron chi connectivity index (χ0n) is 19.5. The predicted molar refractivity (Wildman–Crippen MR) is 132 cm³/mol. The third kappa shape index (κ3) is 7.38. The number of rotatable bonds is 9. The van der Waals surface area contributed by atoms with Crippen molar-refractivity contribution in [2.75, 3.05) is 52.4 Å². The van der Waals surface area contributed by atoms with Gasteiger partial charge in [-0.15, -0.1) is 0 Å². The van der Waals surface area contributed by atoms with E-state index in [1.165, 1.54) is 11.1 Å². The van der Waals surface area contributed by atoms with Gasteiger partial charge in [-0.25, -0.2) is 0 Å². The zero-order chi connectivity index (χ0) is 22.6. The molecule has 3 rings (SSSR count). The van der Waals surface area contributed by atoms with Crippen LogP contribution in [-0.2, 0) is 4.79 Å². The number of piperazine rings is 1. The van der Waals surface area contributed by atoms with Crippen molar-refractivity contribution in [3.8, 4) is 0 Å². The molecule has 0 saturated carbocycles. The molecule has 6 nitrogen and oxygen atoms in total. The van der Waals surface area contributed by atoms with Crippen molar-refractivity contribution in [3.05, 3.63) is 71.8 Å². The number of aliphatic imine (C=N–C) groups is 1. The predicted octanol–water partition coefficient (Wildman–Crippen LogP) is 2.93. The molecular formula is C26H37N5O. The molecule has 1 saturated heterocycles. The van der Waals surface area contributed by atoms with E-state index in [-0.39, 0.29) is 5.91 Å². The number of carbonyl (C=O) groups is 1. The Labute approximate surface area is 192 Å². The van der Waals surface area contributed by atoms with E-state index in [2.05, 4.69) is 83.1 Å². The fourth-order valence-electron chi connectivity index (χ4n) is 4.16. The number of guanidine groups is 1. The van der Waals surface area contributed by atoms with E-state index < -0.39 is 0 Å². The number of benzene rings is 2. The van der Waals surface area contributed by atoms with Crippen molar-refractivity contribution >= 4 is 11.9 Å². The van der Waals surface area contributed by atoms with Crippen LogP contribution in [0.25, 0.3) is 0 Å². The summed E-state index contributed by atoms with van der Waals surface area (Å²) in [6.07, 6.45) is 0.956. The van der Waals surface area contributed by atoms with Gasteiger partial charge in [0.25, 0.3) is 0 Å². The van der Waals surface area contributed by atoms with Crippen LogP contribution in [0.5, 0.6) is 0 Å². The number of hydrogen-bond acceptors (Lipinski definition) is 3. The van der Waals surface area contributed by atoms with Crippen molar-refractivity contribution in [2.24, 2.45) is 4.99 Å². The second-order valence-electron chi connectivity index (χ2n) is 8.20.